The van der Waals surface area contributed by atoms with Crippen molar-refractivity contribution in [3.05, 3.63) is 66.4 Å². The Kier molecular flexibility index (Phi) is 3.84. The summed E-state index contributed by atoms with van der Waals surface area (Å²) in [5.41, 5.74) is 1.98. The van der Waals surface area contributed by atoms with E-state index in [-0.39, 0.29) is 6.61 Å². The lowest BCUT2D eigenvalue weighted by atomic mass is 10.1. The highest BCUT2D eigenvalue weighted by Gasteiger charge is 2.11. The summed E-state index contributed by atoms with van der Waals surface area (Å²) in [7, 11) is 0. The number of pyridine rings is 1. The van der Waals surface area contributed by atoms with Gasteiger partial charge in [0.1, 0.15) is 5.82 Å². The summed E-state index contributed by atoms with van der Waals surface area (Å²) in [4.78, 5) is 6.65. The highest BCUT2D eigenvalue weighted by molar-refractivity contribution is 5.95. The van der Waals surface area contributed by atoms with Crippen LogP contribution >= 0.6 is 0 Å². The van der Waals surface area contributed by atoms with Crippen molar-refractivity contribution in [3.63, 3.8) is 0 Å². The van der Waals surface area contributed by atoms with E-state index in [2.05, 4.69) is 59.3 Å². The van der Waals surface area contributed by atoms with Crippen molar-refractivity contribution in [1.29, 1.82) is 0 Å². The molecule has 3 nitrogen and oxygen atoms in total. The first-order chi connectivity index (χ1) is 10.3. The van der Waals surface area contributed by atoms with Gasteiger partial charge in [0.25, 0.3) is 0 Å². The molecule has 0 amide bonds. The molecule has 0 aliphatic heterocycles. The molecule has 2 aromatic carbocycles. The first kappa shape index (κ1) is 13.6. The zero-order valence-corrected chi connectivity index (χ0v) is 12.0. The van der Waals surface area contributed by atoms with Gasteiger partial charge in [-0.1, -0.05) is 42.5 Å². The van der Waals surface area contributed by atoms with Crippen molar-refractivity contribution in [3.8, 4) is 0 Å². The molecule has 3 rings (SSSR count). The molecule has 0 atom stereocenters. The van der Waals surface area contributed by atoms with Gasteiger partial charge >= 0.3 is 0 Å². The normalized spacial score (nSPS) is 10.8. The predicted octanol–water partition coefficient (Wildman–Crippen LogP) is 3.89. The van der Waals surface area contributed by atoms with Gasteiger partial charge in [0, 0.05) is 18.1 Å². The lowest BCUT2D eigenvalue weighted by molar-refractivity contribution is 0.281. The standard InChI is InChI=1S/C18H18N2O/c1-2-20(18-11-10-14(13-21)12-19-18)17-9-5-7-15-6-3-4-8-16(15)17/h3-12,21H,2,13H2,1H3. The summed E-state index contributed by atoms with van der Waals surface area (Å²) in [6.07, 6.45) is 1.73. The Labute approximate surface area is 124 Å². The van der Waals surface area contributed by atoms with E-state index in [1.54, 1.807) is 6.20 Å². The van der Waals surface area contributed by atoms with Crippen LogP contribution in [0.2, 0.25) is 0 Å². The smallest absolute Gasteiger partial charge is 0.132 e. The number of aliphatic hydroxyl groups excluding tert-OH is 1. The van der Waals surface area contributed by atoms with Gasteiger partial charge in [0.2, 0.25) is 0 Å². The molecule has 3 heteroatoms. The monoisotopic (exact) mass is 278 g/mol. The molecule has 0 aliphatic carbocycles. The molecule has 21 heavy (non-hydrogen) atoms. The number of fused-ring (bicyclic) bond motifs is 1. The minimum Gasteiger partial charge on any atom is -0.392 e. The van der Waals surface area contributed by atoms with Crippen LogP contribution in [0.3, 0.4) is 0 Å². The van der Waals surface area contributed by atoms with Crippen LogP contribution in [-0.2, 0) is 6.61 Å². The van der Waals surface area contributed by atoms with Gasteiger partial charge < -0.3 is 10.0 Å². The summed E-state index contributed by atoms with van der Waals surface area (Å²) in [6.45, 7) is 2.97. The quantitative estimate of drug-likeness (QED) is 0.786. The van der Waals surface area contributed by atoms with Crippen molar-refractivity contribution >= 4 is 22.3 Å². The fourth-order valence-electron chi connectivity index (χ4n) is 2.57. The number of rotatable bonds is 4. The van der Waals surface area contributed by atoms with Crippen molar-refractivity contribution in [1.82, 2.24) is 4.98 Å². The van der Waals surface area contributed by atoms with E-state index in [9.17, 15) is 0 Å². The number of benzene rings is 2. The zero-order chi connectivity index (χ0) is 14.7. The molecule has 3 aromatic rings. The Bertz CT molecular complexity index is 732. The van der Waals surface area contributed by atoms with Gasteiger partial charge in [-0.05, 0) is 30.0 Å². The maximum atomic E-state index is 9.13. The van der Waals surface area contributed by atoms with Crippen LogP contribution in [0, 0.1) is 0 Å². The van der Waals surface area contributed by atoms with Crippen molar-refractivity contribution < 1.29 is 5.11 Å². The Morgan fingerprint density at radius 2 is 1.81 bits per heavy atom. The molecule has 0 fully saturated rings. The number of hydrogen-bond donors (Lipinski definition) is 1. The Balaban J connectivity index is 2.09. The van der Waals surface area contributed by atoms with E-state index < -0.39 is 0 Å². The minimum atomic E-state index is 0.0215. The molecule has 106 valence electrons. The summed E-state index contributed by atoms with van der Waals surface area (Å²) >= 11 is 0. The molecular weight excluding hydrogens is 260 g/mol. The zero-order valence-electron chi connectivity index (χ0n) is 12.0. The molecule has 0 bridgehead atoms. The Hall–Kier alpha value is -2.39. The average molecular weight is 278 g/mol. The summed E-state index contributed by atoms with van der Waals surface area (Å²) in [5, 5.41) is 11.6. The van der Waals surface area contributed by atoms with Crippen LogP contribution in [0.4, 0.5) is 11.5 Å². The fraction of sp³-hybridized carbons (Fsp3) is 0.167. The molecule has 1 N–H and O–H groups in total. The number of aromatic nitrogens is 1. The lowest BCUT2D eigenvalue weighted by Crippen LogP contribution is -2.17. The maximum Gasteiger partial charge on any atom is 0.132 e. The first-order valence-electron chi connectivity index (χ1n) is 7.14. The van der Waals surface area contributed by atoms with E-state index >= 15 is 0 Å². The van der Waals surface area contributed by atoms with E-state index in [1.807, 2.05) is 12.1 Å². The third-order valence-electron chi connectivity index (χ3n) is 3.64. The predicted molar refractivity (Wildman–Crippen MR) is 86.8 cm³/mol. The van der Waals surface area contributed by atoms with Crippen molar-refractivity contribution in [2.24, 2.45) is 0 Å². The van der Waals surface area contributed by atoms with Crippen molar-refractivity contribution in [2.75, 3.05) is 11.4 Å². The number of hydrogen-bond acceptors (Lipinski definition) is 3. The fourth-order valence-corrected chi connectivity index (χ4v) is 2.57. The van der Waals surface area contributed by atoms with Crippen LogP contribution in [0.1, 0.15) is 12.5 Å². The highest BCUT2D eigenvalue weighted by Crippen LogP contribution is 2.31. The third-order valence-corrected chi connectivity index (χ3v) is 3.64. The van der Waals surface area contributed by atoms with E-state index in [0.717, 1.165) is 23.6 Å². The molecule has 0 unspecified atom stereocenters. The maximum absolute atomic E-state index is 9.13. The lowest BCUT2D eigenvalue weighted by Gasteiger charge is -2.24. The second-order valence-electron chi connectivity index (χ2n) is 4.93. The van der Waals surface area contributed by atoms with Crippen LogP contribution < -0.4 is 4.90 Å². The SMILES string of the molecule is CCN(c1ccc(CO)cn1)c1cccc2ccccc12. The minimum absolute atomic E-state index is 0.0215. The topological polar surface area (TPSA) is 36.4 Å². The second-order valence-corrected chi connectivity index (χ2v) is 4.93. The number of nitrogens with zero attached hydrogens (tertiary/aromatic N) is 2. The molecule has 0 saturated heterocycles. The molecule has 0 radical (unpaired) electrons. The molecule has 0 aliphatic rings. The highest BCUT2D eigenvalue weighted by atomic mass is 16.3. The number of aliphatic hydroxyl groups is 1. The van der Waals surface area contributed by atoms with E-state index in [4.69, 9.17) is 5.11 Å². The third kappa shape index (κ3) is 2.60. The molecule has 1 aromatic heterocycles. The van der Waals surface area contributed by atoms with Gasteiger partial charge in [0.15, 0.2) is 0 Å². The van der Waals surface area contributed by atoms with Gasteiger partial charge in [-0.25, -0.2) is 4.98 Å². The molecule has 0 spiro atoms. The van der Waals surface area contributed by atoms with Crippen molar-refractivity contribution in [2.45, 2.75) is 13.5 Å². The second kappa shape index (κ2) is 5.94. The van der Waals surface area contributed by atoms with Crippen LogP contribution in [-0.4, -0.2) is 16.6 Å². The molecule has 0 saturated carbocycles. The van der Waals surface area contributed by atoms with Crippen LogP contribution in [0.5, 0.6) is 0 Å². The number of anilines is 2. The van der Waals surface area contributed by atoms with Gasteiger partial charge in [-0.15, -0.1) is 0 Å². The van der Waals surface area contributed by atoms with Crippen LogP contribution in [0.15, 0.2) is 60.8 Å². The summed E-state index contributed by atoms with van der Waals surface area (Å²) in [5.74, 6) is 0.894. The average Bonchev–Trinajstić information content (AvgIpc) is 2.56. The molecule has 1 heterocycles. The summed E-state index contributed by atoms with van der Waals surface area (Å²) in [6, 6.07) is 18.5. The first-order valence-corrected chi connectivity index (χ1v) is 7.14. The largest absolute Gasteiger partial charge is 0.392 e. The van der Waals surface area contributed by atoms with Gasteiger partial charge in [-0.3, -0.25) is 0 Å². The van der Waals surface area contributed by atoms with E-state index in [1.165, 1.54) is 10.8 Å². The van der Waals surface area contributed by atoms with Gasteiger partial charge in [0.05, 0.1) is 12.3 Å². The van der Waals surface area contributed by atoms with Crippen LogP contribution in [0.25, 0.3) is 10.8 Å². The van der Waals surface area contributed by atoms with Gasteiger partial charge in [-0.2, -0.15) is 0 Å². The molecular formula is C18H18N2O. The summed E-state index contributed by atoms with van der Waals surface area (Å²) < 4.78 is 0. The Morgan fingerprint density at radius 1 is 1.00 bits per heavy atom. The Morgan fingerprint density at radius 3 is 2.52 bits per heavy atom. The van der Waals surface area contributed by atoms with E-state index in [0.29, 0.717) is 0 Å².